The van der Waals surface area contributed by atoms with Crippen LogP contribution in [-0.2, 0) is 11.3 Å². The molecule has 1 N–H and O–H groups in total. The number of Topliss-reactive ketones (excluding diaryl/α,β-unsaturated/α-hetero) is 1. The first-order valence-corrected chi connectivity index (χ1v) is 12.1. The van der Waals surface area contributed by atoms with E-state index < -0.39 is 0 Å². The third-order valence-corrected chi connectivity index (χ3v) is 10.4. The Kier molecular flexibility index (Phi) is 4.08. The van der Waals surface area contributed by atoms with Crippen molar-refractivity contribution < 1.29 is 9.90 Å². The second kappa shape index (κ2) is 6.42. The molecule has 5 nitrogen and oxygen atoms in total. The fourth-order valence-electron chi connectivity index (χ4n) is 8.99. The molecule has 1 aromatic heterocycles. The third-order valence-electron chi connectivity index (χ3n) is 10.4. The number of ketones is 1. The van der Waals surface area contributed by atoms with Crippen LogP contribution in [0.3, 0.4) is 0 Å². The van der Waals surface area contributed by atoms with Crippen molar-refractivity contribution in [1.82, 2.24) is 9.78 Å². The minimum Gasteiger partial charge on any atom is -0.390 e. The molecule has 0 amide bonds. The predicted molar refractivity (Wildman–Crippen MR) is 111 cm³/mol. The van der Waals surface area contributed by atoms with Gasteiger partial charge >= 0.3 is 0 Å². The van der Waals surface area contributed by atoms with E-state index in [2.05, 4.69) is 18.1 Å². The van der Waals surface area contributed by atoms with Gasteiger partial charge < -0.3 is 5.11 Å². The lowest BCUT2D eigenvalue weighted by Gasteiger charge is -2.56. The van der Waals surface area contributed by atoms with Gasteiger partial charge in [0.1, 0.15) is 6.07 Å². The van der Waals surface area contributed by atoms with E-state index in [4.69, 9.17) is 5.26 Å². The lowest BCUT2D eigenvalue weighted by Crippen LogP contribution is -2.50. The molecule has 9 atom stereocenters. The molecule has 0 bridgehead atoms. The molecular formula is C25H33N3O2. The summed E-state index contributed by atoms with van der Waals surface area (Å²) in [6.45, 7) is 2.70. The van der Waals surface area contributed by atoms with Crippen LogP contribution < -0.4 is 0 Å². The number of hydrogen-bond acceptors (Lipinski definition) is 4. The minimum atomic E-state index is -0.292. The Morgan fingerprint density at radius 1 is 1.13 bits per heavy atom. The van der Waals surface area contributed by atoms with E-state index in [1.807, 2.05) is 0 Å². The Morgan fingerprint density at radius 3 is 2.60 bits per heavy atom. The van der Waals surface area contributed by atoms with Gasteiger partial charge in [-0.05, 0) is 98.7 Å². The van der Waals surface area contributed by atoms with E-state index in [0.717, 1.165) is 42.9 Å². The molecule has 1 unspecified atom stereocenters. The van der Waals surface area contributed by atoms with E-state index in [1.165, 1.54) is 38.5 Å². The van der Waals surface area contributed by atoms with Gasteiger partial charge in [0.15, 0.2) is 5.78 Å². The minimum absolute atomic E-state index is 0.130. The van der Waals surface area contributed by atoms with Crippen molar-refractivity contribution in [1.29, 1.82) is 5.26 Å². The summed E-state index contributed by atoms with van der Waals surface area (Å²) in [6.07, 6.45) is 13.8. The fraction of sp³-hybridized carbons (Fsp3) is 0.800. The predicted octanol–water partition coefficient (Wildman–Crippen LogP) is 3.95. The molecule has 0 aromatic carbocycles. The number of fused-ring (bicyclic) bond motifs is 7. The molecule has 1 heterocycles. The van der Waals surface area contributed by atoms with E-state index in [9.17, 15) is 9.90 Å². The maximum Gasteiger partial charge on any atom is 0.157 e. The molecule has 5 aliphatic rings. The summed E-state index contributed by atoms with van der Waals surface area (Å²) >= 11 is 0. The summed E-state index contributed by atoms with van der Waals surface area (Å²) in [5.74, 6) is 4.91. The van der Waals surface area contributed by atoms with Gasteiger partial charge in [-0.3, -0.25) is 9.48 Å². The number of carbonyl (C=O) groups is 1. The van der Waals surface area contributed by atoms with Crippen LogP contribution in [0.2, 0.25) is 0 Å². The highest BCUT2D eigenvalue weighted by Gasteiger charge is 2.65. The number of nitrogens with zero attached hydrogens (tertiary/aromatic N) is 3. The van der Waals surface area contributed by atoms with Crippen molar-refractivity contribution in [3.63, 3.8) is 0 Å². The molecular weight excluding hydrogens is 374 g/mol. The van der Waals surface area contributed by atoms with Crippen molar-refractivity contribution in [2.75, 3.05) is 0 Å². The zero-order valence-electron chi connectivity index (χ0n) is 18.0. The Morgan fingerprint density at radius 2 is 1.87 bits per heavy atom. The van der Waals surface area contributed by atoms with E-state index in [0.29, 0.717) is 29.7 Å². The van der Waals surface area contributed by atoms with Crippen molar-refractivity contribution in [3.8, 4) is 6.07 Å². The molecule has 30 heavy (non-hydrogen) atoms. The number of aliphatic hydroxyl groups is 1. The van der Waals surface area contributed by atoms with Gasteiger partial charge in [0.2, 0.25) is 0 Å². The first-order valence-electron chi connectivity index (χ1n) is 12.1. The normalized spacial score (nSPS) is 48.6. The van der Waals surface area contributed by atoms with Crippen LogP contribution in [0.25, 0.3) is 0 Å². The largest absolute Gasteiger partial charge is 0.390 e. The second-order valence-corrected chi connectivity index (χ2v) is 11.5. The van der Waals surface area contributed by atoms with Crippen molar-refractivity contribution in [2.24, 2.45) is 46.8 Å². The third kappa shape index (κ3) is 2.62. The van der Waals surface area contributed by atoms with Crippen LogP contribution in [-0.4, -0.2) is 26.3 Å². The van der Waals surface area contributed by atoms with Crippen molar-refractivity contribution in [2.45, 2.75) is 76.9 Å². The lowest BCUT2D eigenvalue weighted by molar-refractivity contribution is -0.131. The SMILES string of the molecule is C[C@]12CC[C@@H]3[C@H]4CC[C@]5(O)CC5[C@H]4CC[C@H]3[C@@H]1CC[C@@H]2C(=O)Cn1cc(C#N)cn1. The lowest BCUT2D eigenvalue weighted by atomic mass is 9.49. The van der Waals surface area contributed by atoms with Crippen molar-refractivity contribution >= 4 is 5.78 Å². The molecule has 0 radical (unpaired) electrons. The first kappa shape index (κ1) is 19.0. The number of hydrogen-bond donors (Lipinski definition) is 1. The molecule has 5 aliphatic carbocycles. The van der Waals surface area contributed by atoms with E-state index in [1.54, 1.807) is 17.1 Å². The Balaban J connectivity index is 1.19. The zero-order valence-corrected chi connectivity index (χ0v) is 18.0. The van der Waals surface area contributed by atoms with Gasteiger partial charge in [-0.2, -0.15) is 10.4 Å². The van der Waals surface area contributed by atoms with Gasteiger partial charge in [-0.15, -0.1) is 0 Å². The van der Waals surface area contributed by atoms with Gasteiger partial charge in [-0.1, -0.05) is 6.92 Å². The van der Waals surface area contributed by atoms with Crippen LogP contribution in [0.15, 0.2) is 12.4 Å². The molecule has 1 aromatic rings. The number of aromatic nitrogens is 2. The van der Waals surface area contributed by atoms with Crippen LogP contribution in [0.4, 0.5) is 0 Å². The van der Waals surface area contributed by atoms with E-state index >= 15 is 0 Å². The Hall–Kier alpha value is -1.67. The number of rotatable bonds is 3. The summed E-state index contributed by atoms with van der Waals surface area (Å²) < 4.78 is 1.65. The highest BCUT2D eigenvalue weighted by atomic mass is 16.3. The molecule has 0 saturated heterocycles. The van der Waals surface area contributed by atoms with Gasteiger partial charge in [0.25, 0.3) is 0 Å². The average molecular weight is 408 g/mol. The molecule has 0 aliphatic heterocycles. The average Bonchev–Trinajstić information content (AvgIpc) is 3.06. The van der Waals surface area contributed by atoms with Crippen LogP contribution in [0.1, 0.15) is 70.3 Å². The first-order chi connectivity index (χ1) is 14.4. The maximum absolute atomic E-state index is 13.3. The standard InChI is InChI=1S/C25H33N3O2/c1-24-8-6-16-17-7-9-25(30)10-22(25)19(17)3-2-18(16)20(24)4-5-21(24)23(29)14-28-13-15(11-26)12-27-28/h12-13,16-22,30H,2-10,14H2,1H3/t16-,17-,18-,19+,20+,21-,22?,24+,25+/m1/s1. The summed E-state index contributed by atoms with van der Waals surface area (Å²) in [6, 6.07) is 2.09. The summed E-state index contributed by atoms with van der Waals surface area (Å²) in [5.41, 5.74) is 0.358. The monoisotopic (exact) mass is 407 g/mol. The molecule has 5 saturated carbocycles. The van der Waals surface area contributed by atoms with Gasteiger partial charge in [0, 0.05) is 12.1 Å². The Bertz CT molecular complexity index is 918. The fourth-order valence-corrected chi connectivity index (χ4v) is 8.99. The Labute approximate surface area is 178 Å². The molecule has 5 fully saturated rings. The molecule has 5 heteroatoms. The summed E-state index contributed by atoms with van der Waals surface area (Å²) in [4.78, 5) is 13.3. The summed E-state index contributed by atoms with van der Waals surface area (Å²) in [5, 5.41) is 23.9. The second-order valence-electron chi connectivity index (χ2n) is 11.5. The van der Waals surface area contributed by atoms with Crippen LogP contribution in [0, 0.1) is 58.2 Å². The molecule has 0 spiro atoms. The van der Waals surface area contributed by atoms with Gasteiger partial charge in [-0.25, -0.2) is 0 Å². The van der Waals surface area contributed by atoms with Gasteiger partial charge in [0.05, 0.1) is 23.9 Å². The number of nitriles is 1. The molecule has 160 valence electrons. The zero-order chi connectivity index (χ0) is 20.7. The maximum atomic E-state index is 13.3. The highest BCUT2D eigenvalue weighted by molar-refractivity contribution is 5.82. The molecule has 6 rings (SSSR count). The topological polar surface area (TPSA) is 78.9 Å². The van der Waals surface area contributed by atoms with Crippen LogP contribution >= 0.6 is 0 Å². The quantitative estimate of drug-likeness (QED) is 0.823. The van der Waals surface area contributed by atoms with Crippen molar-refractivity contribution in [3.05, 3.63) is 18.0 Å². The smallest absolute Gasteiger partial charge is 0.157 e. The summed E-state index contributed by atoms with van der Waals surface area (Å²) in [7, 11) is 0. The number of carbonyl (C=O) groups excluding carboxylic acids is 1. The van der Waals surface area contributed by atoms with E-state index in [-0.39, 0.29) is 16.9 Å². The highest BCUT2D eigenvalue weighted by Crippen LogP contribution is 2.68. The van der Waals surface area contributed by atoms with Crippen LogP contribution in [0.5, 0.6) is 0 Å².